The van der Waals surface area contributed by atoms with E-state index in [2.05, 4.69) is 10.6 Å². The zero-order valence-electron chi connectivity index (χ0n) is 16.4. The molecule has 166 valence electrons. The van der Waals surface area contributed by atoms with Gasteiger partial charge in [-0.3, -0.25) is 19.2 Å². The molecule has 0 heterocycles. The molecule has 0 aliphatic carbocycles. The first-order chi connectivity index (χ1) is 13.4. The van der Waals surface area contributed by atoms with Gasteiger partial charge in [0.05, 0.1) is 18.6 Å². The number of nitrogens with two attached hydrogens (primary N) is 1. The first-order valence-electron chi connectivity index (χ1n) is 8.69. The molecule has 0 aromatic carbocycles. The van der Waals surface area contributed by atoms with Crippen molar-refractivity contribution in [3.63, 3.8) is 0 Å². The van der Waals surface area contributed by atoms with Crippen LogP contribution in [0, 0.1) is 0 Å². The molecule has 0 aromatic heterocycles. The number of carbonyl (C=O) groups is 5. The van der Waals surface area contributed by atoms with E-state index < -0.39 is 66.4 Å². The number of aliphatic hydroxyl groups is 1. The minimum Gasteiger partial charge on any atom is -0.481 e. The molecule has 0 saturated carbocycles. The molecule has 0 aliphatic rings. The standard InChI is InChI=1S/C16H28N4O8S/c1-7(13(24)19-10(16(27)28)6-11(22)23)18-15(26)12(8(2)21)20-14(25)9(17)4-5-29-3/h7-10,12,21H,4-6,17H2,1-3H3,(H,18,26)(H,19,24)(H,20,25)(H,22,23)(H,27,28). The minimum absolute atomic E-state index is 0.361. The van der Waals surface area contributed by atoms with E-state index in [9.17, 15) is 29.1 Å². The number of nitrogens with one attached hydrogen (secondary N) is 3. The molecule has 5 unspecified atom stereocenters. The van der Waals surface area contributed by atoms with E-state index in [0.717, 1.165) is 0 Å². The third-order valence-corrected chi connectivity index (χ3v) is 4.42. The fourth-order valence-corrected chi connectivity index (χ4v) is 2.57. The zero-order valence-corrected chi connectivity index (χ0v) is 17.2. The number of carboxylic acids is 2. The van der Waals surface area contributed by atoms with Crippen molar-refractivity contribution in [1.82, 2.24) is 16.0 Å². The molecule has 0 fully saturated rings. The Morgan fingerprint density at radius 2 is 1.55 bits per heavy atom. The second kappa shape index (κ2) is 13.0. The Labute approximate surface area is 172 Å². The van der Waals surface area contributed by atoms with E-state index in [1.165, 1.54) is 25.6 Å². The van der Waals surface area contributed by atoms with E-state index in [1.54, 1.807) is 0 Å². The molecule has 12 nitrogen and oxygen atoms in total. The van der Waals surface area contributed by atoms with Gasteiger partial charge in [-0.15, -0.1) is 0 Å². The van der Waals surface area contributed by atoms with Crippen LogP contribution >= 0.6 is 11.8 Å². The Bertz CT molecular complexity index is 616. The van der Waals surface area contributed by atoms with Crippen LogP contribution in [0.15, 0.2) is 0 Å². The highest BCUT2D eigenvalue weighted by atomic mass is 32.2. The Balaban J connectivity index is 4.95. The minimum atomic E-state index is -1.68. The second-order valence-electron chi connectivity index (χ2n) is 6.34. The van der Waals surface area contributed by atoms with Gasteiger partial charge in [0.15, 0.2) is 0 Å². The summed E-state index contributed by atoms with van der Waals surface area (Å²) in [6, 6.07) is -5.22. The summed E-state index contributed by atoms with van der Waals surface area (Å²) >= 11 is 1.49. The smallest absolute Gasteiger partial charge is 0.326 e. The van der Waals surface area contributed by atoms with E-state index in [1.807, 2.05) is 11.6 Å². The average Bonchev–Trinajstić information content (AvgIpc) is 2.62. The van der Waals surface area contributed by atoms with Crippen LogP contribution in [0.5, 0.6) is 0 Å². The van der Waals surface area contributed by atoms with Gasteiger partial charge in [0.1, 0.15) is 18.1 Å². The fourth-order valence-electron chi connectivity index (χ4n) is 2.08. The van der Waals surface area contributed by atoms with Gasteiger partial charge in [-0.1, -0.05) is 0 Å². The highest BCUT2D eigenvalue weighted by Gasteiger charge is 2.31. The number of aliphatic carboxylic acids is 2. The van der Waals surface area contributed by atoms with Crippen LogP contribution < -0.4 is 21.7 Å². The van der Waals surface area contributed by atoms with Crippen molar-refractivity contribution in [1.29, 1.82) is 0 Å². The van der Waals surface area contributed by atoms with Crippen molar-refractivity contribution >= 4 is 41.4 Å². The first-order valence-corrected chi connectivity index (χ1v) is 10.1. The topological polar surface area (TPSA) is 208 Å². The molecule has 8 N–H and O–H groups in total. The van der Waals surface area contributed by atoms with Crippen LogP contribution in [0.3, 0.4) is 0 Å². The van der Waals surface area contributed by atoms with Crippen molar-refractivity contribution in [2.24, 2.45) is 5.73 Å². The number of rotatable bonds is 13. The Hall–Kier alpha value is -2.38. The predicted molar refractivity (Wildman–Crippen MR) is 104 cm³/mol. The Morgan fingerprint density at radius 1 is 0.966 bits per heavy atom. The maximum atomic E-state index is 12.3. The van der Waals surface area contributed by atoms with Crippen molar-refractivity contribution in [3.05, 3.63) is 0 Å². The van der Waals surface area contributed by atoms with Crippen LogP contribution in [0.4, 0.5) is 0 Å². The second-order valence-corrected chi connectivity index (χ2v) is 7.33. The normalized spacial score (nSPS) is 15.9. The summed E-state index contributed by atoms with van der Waals surface area (Å²) in [5, 5.41) is 34.0. The molecular formula is C16H28N4O8S. The summed E-state index contributed by atoms with van der Waals surface area (Å²) in [4.78, 5) is 58.2. The van der Waals surface area contributed by atoms with Crippen molar-refractivity contribution in [3.8, 4) is 0 Å². The summed E-state index contributed by atoms with van der Waals surface area (Å²) in [5.41, 5.74) is 5.72. The quantitative estimate of drug-likeness (QED) is 0.161. The monoisotopic (exact) mass is 436 g/mol. The first kappa shape index (κ1) is 26.6. The summed E-state index contributed by atoms with van der Waals surface area (Å²) in [6.45, 7) is 2.49. The largest absolute Gasteiger partial charge is 0.481 e. The molecule has 13 heteroatoms. The number of carbonyl (C=O) groups excluding carboxylic acids is 3. The third-order valence-electron chi connectivity index (χ3n) is 3.78. The van der Waals surface area contributed by atoms with Gasteiger partial charge >= 0.3 is 11.9 Å². The van der Waals surface area contributed by atoms with E-state index in [0.29, 0.717) is 12.2 Å². The van der Waals surface area contributed by atoms with Crippen LogP contribution in [0.2, 0.25) is 0 Å². The fraction of sp³-hybridized carbons (Fsp3) is 0.688. The number of carboxylic acid groups (broad SMARTS) is 2. The molecule has 0 rings (SSSR count). The van der Waals surface area contributed by atoms with Gasteiger partial charge < -0.3 is 37.0 Å². The van der Waals surface area contributed by atoms with Crippen LogP contribution in [-0.4, -0.2) is 87.3 Å². The van der Waals surface area contributed by atoms with Gasteiger partial charge in [0.25, 0.3) is 0 Å². The SMILES string of the molecule is CSCCC(N)C(=O)NC(C(=O)NC(C)C(=O)NC(CC(=O)O)C(=O)O)C(C)O. The van der Waals surface area contributed by atoms with Gasteiger partial charge in [-0.2, -0.15) is 11.8 Å². The summed E-state index contributed by atoms with van der Waals surface area (Å²) in [6.07, 6.45) is 0.0529. The number of amides is 3. The molecule has 0 aromatic rings. The number of hydrogen-bond acceptors (Lipinski definition) is 8. The van der Waals surface area contributed by atoms with Crippen LogP contribution in [0.1, 0.15) is 26.7 Å². The van der Waals surface area contributed by atoms with Crippen LogP contribution in [-0.2, 0) is 24.0 Å². The Morgan fingerprint density at radius 3 is 2.00 bits per heavy atom. The van der Waals surface area contributed by atoms with Crippen molar-refractivity contribution in [2.45, 2.75) is 57.0 Å². The summed E-state index contributed by atoms with van der Waals surface area (Å²) < 4.78 is 0. The molecule has 0 bridgehead atoms. The molecule has 0 saturated heterocycles. The summed E-state index contributed by atoms with van der Waals surface area (Å²) in [7, 11) is 0. The zero-order chi connectivity index (χ0) is 22.7. The van der Waals surface area contributed by atoms with Gasteiger partial charge in [-0.25, -0.2) is 4.79 Å². The van der Waals surface area contributed by atoms with Crippen molar-refractivity contribution < 1.29 is 39.3 Å². The lowest BCUT2D eigenvalue weighted by atomic mass is 10.1. The lowest BCUT2D eigenvalue weighted by Gasteiger charge is -2.25. The summed E-state index contributed by atoms with van der Waals surface area (Å²) in [5.74, 6) is -4.84. The average molecular weight is 436 g/mol. The molecule has 0 radical (unpaired) electrons. The van der Waals surface area contributed by atoms with E-state index >= 15 is 0 Å². The van der Waals surface area contributed by atoms with Crippen molar-refractivity contribution in [2.75, 3.05) is 12.0 Å². The highest BCUT2D eigenvalue weighted by Crippen LogP contribution is 2.02. The van der Waals surface area contributed by atoms with Gasteiger partial charge in [-0.05, 0) is 32.3 Å². The number of aliphatic hydroxyl groups excluding tert-OH is 1. The molecule has 29 heavy (non-hydrogen) atoms. The number of hydrogen-bond donors (Lipinski definition) is 7. The van der Waals surface area contributed by atoms with Gasteiger partial charge in [0, 0.05) is 0 Å². The molecule has 3 amide bonds. The van der Waals surface area contributed by atoms with E-state index in [-0.39, 0.29) is 0 Å². The van der Waals surface area contributed by atoms with E-state index in [4.69, 9.17) is 15.9 Å². The lowest BCUT2D eigenvalue weighted by molar-refractivity contribution is -0.147. The highest BCUT2D eigenvalue weighted by molar-refractivity contribution is 7.98. The van der Waals surface area contributed by atoms with Crippen LogP contribution in [0.25, 0.3) is 0 Å². The molecule has 0 spiro atoms. The molecular weight excluding hydrogens is 408 g/mol. The maximum Gasteiger partial charge on any atom is 0.326 e. The lowest BCUT2D eigenvalue weighted by Crippen LogP contribution is -2.59. The predicted octanol–water partition coefficient (Wildman–Crippen LogP) is -2.52. The third kappa shape index (κ3) is 10.1. The Kier molecular flexibility index (Phi) is 11.9. The van der Waals surface area contributed by atoms with Gasteiger partial charge in [0.2, 0.25) is 17.7 Å². The number of thioether (sulfide) groups is 1. The molecule has 0 aliphatic heterocycles. The maximum absolute atomic E-state index is 12.3. The molecule has 5 atom stereocenters.